The average molecular weight is 511 g/mol. The molecule has 0 aliphatic heterocycles. The van der Waals surface area contributed by atoms with Crippen molar-refractivity contribution in [2.24, 2.45) is 0 Å². The number of oxazole rings is 1. The van der Waals surface area contributed by atoms with E-state index in [0.29, 0.717) is 29.4 Å². The van der Waals surface area contributed by atoms with Crippen molar-refractivity contribution in [1.82, 2.24) is 9.88 Å². The lowest BCUT2D eigenvalue weighted by Crippen LogP contribution is -2.37. The van der Waals surface area contributed by atoms with Crippen LogP contribution in [0.2, 0.25) is 0 Å². The fourth-order valence-corrected chi connectivity index (χ4v) is 3.65. The molecule has 0 unspecified atom stereocenters. The maximum Gasteiger partial charge on any atom is 0.416 e. The largest absolute Gasteiger partial charge is 0.497 e. The monoisotopic (exact) mass is 510 g/mol. The highest BCUT2D eigenvalue weighted by Crippen LogP contribution is 2.22. The third kappa shape index (κ3) is 7.02. The van der Waals surface area contributed by atoms with Gasteiger partial charge in [0.1, 0.15) is 23.8 Å². The van der Waals surface area contributed by atoms with Crippen LogP contribution in [0.1, 0.15) is 22.6 Å². The number of nitrogens with zero attached hydrogens (tertiary/aromatic N) is 2. The number of hydrogen-bond acceptors (Lipinski definition) is 6. The van der Waals surface area contributed by atoms with E-state index in [0.717, 1.165) is 21.7 Å². The normalized spacial score (nSPS) is 10.3. The summed E-state index contributed by atoms with van der Waals surface area (Å²) in [7, 11) is 1.53. The molecule has 192 valence electrons. The summed E-state index contributed by atoms with van der Waals surface area (Å²) in [6.07, 6.45) is -0.365. The molecule has 0 radical (unpaired) electrons. The van der Waals surface area contributed by atoms with Crippen molar-refractivity contribution in [3.8, 4) is 34.8 Å². The summed E-state index contributed by atoms with van der Waals surface area (Å²) >= 11 is 0. The summed E-state index contributed by atoms with van der Waals surface area (Å²) in [5.41, 5.74) is 3.11. The number of carbonyl (C=O) groups is 2. The molecular formula is C30H26N2O6. The lowest BCUT2D eigenvalue weighted by Gasteiger charge is -2.20. The van der Waals surface area contributed by atoms with E-state index in [2.05, 4.69) is 16.8 Å². The molecule has 4 rings (SSSR count). The van der Waals surface area contributed by atoms with Crippen LogP contribution < -0.4 is 9.47 Å². The van der Waals surface area contributed by atoms with E-state index in [1.807, 2.05) is 55.5 Å². The molecule has 8 heteroatoms. The molecule has 1 aromatic heterocycles. The Labute approximate surface area is 220 Å². The molecule has 38 heavy (non-hydrogen) atoms. The number of methoxy groups -OCH3 is 1. The third-order valence-electron chi connectivity index (χ3n) is 5.55. The van der Waals surface area contributed by atoms with Crippen molar-refractivity contribution in [2.45, 2.75) is 19.9 Å². The Morgan fingerprint density at radius 1 is 1.00 bits per heavy atom. The van der Waals surface area contributed by atoms with Gasteiger partial charge in [0.15, 0.2) is 0 Å². The van der Waals surface area contributed by atoms with E-state index in [-0.39, 0.29) is 12.3 Å². The van der Waals surface area contributed by atoms with Crippen molar-refractivity contribution in [2.75, 3.05) is 13.7 Å². The second-order valence-corrected chi connectivity index (χ2v) is 8.36. The Morgan fingerprint density at radius 3 is 2.45 bits per heavy atom. The molecule has 0 fully saturated rings. The summed E-state index contributed by atoms with van der Waals surface area (Å²) in [4.78, 5) is 29.8. The van der Waals surface area contributed by atoms with E-state index in [1.54, 1.807) is 30.3 Å². The predicted octanol–water partition coefficient (Wildman–Crippen LogP) is 5.34. The van der Waals surface area contributed by atoms with Crippen LogP contribution in [-0.4, -0.2) is 40.7 Å². The number of amides is 1. The van der Waals surface area contributed by atoms with Gasteiger partial charge in [-0.25, -0.2) is 9.78 Å². The summed E-state index contributed by atoms with van der Waals surface area (Å²) in [6, 6.07) is 23.4. The molecule has 0 aliphatic carbocycles. The molecule has 0 spiro atoms. The van der Waals surface area contributed by atoms with Crippen LogP contribution in [-0.2, 0) is 17.8 Å². The molecule has 0 bridgehead atoms. The van der Waals surface area contributed by atoms with E-state index in [4.69, 9.17) is 13.9 Å². The summed E-state index contributed by atoms with van der Waals surface area (Å²) < 4.78 is 16.2. The maximum absolute atomic E-state index is 12.7. The summed E-state index contributed by atoms with van der Waals surface area (Å²) in [6.45, 7) is 1.39. The van der Waals surface area contributed by atoms with Crippen LogP contribution >= 0.6 is 0 Å². The first-order chi connectivity index (χ1) is 18.4. The van der Waals surface area contributed by atoms with Gasteiger partial charge in [-0.2, -0.15) is 0 Å². The van der Waals surface area contributed by atoms with Gasteiger partial charge >= 0.3 is 12.1 Å². The van der Waals surface area contributed by atoms with Crippen LogP contribution in [0.4, 0.5) is 4.79 Å². The molecule has 0 atom stereocenters. The molecule has 8 nitrogen and oxygen atoms in total. The van der Waals surface area contributed by atoms with Gasteiger partial charge in [-0.15, -0.1) is 0 Å². The second kappa shape index (κ2) is 12.3. The highest BCUT2D eigenvalue weighted by atomic mass is 16.6. The Hall–Kier alpha value is -5.03. The lowest BCUT2D eigenvalue weighted by atomic mass is 10.1. The number of carbonyl (C=O) groups excluding carboxylic acids is 1. The number of aromatic nitrogens is 1. The van der Waals surface area contributed by atoms with Gasteiger partial charge in [0.2, 0.25) is 5.89 Å². The SMILES string of the molecule is COc1ccc(OC(=O)N(CC(=O)O)Cc2cccc(C#CCc3nc(-c4ccccc4)oc3C)c2)cc1. The molecule has 0 saturated heterocycles. The number of ether oxygens (including phenoxy) is 2. The number of aliphatic carboxylic acids is 1. The fourth-order valence-electron chi connectivity index (χ4n) is 3.65. The highest BCUT2D eigenvalue weighted by molar-refractivity contribution is 5.78. The molecule has 1 N–H and O–H groups in total. The Morgan fingerprint density at radius 2 is 1.74 bits per heavy atom. The number of carboxylic acid groups (broad SMARTS) is 1. The lowest BCUT2D eigenvalue weighted by molar-refractivity contribution is -0.138. The first-order valence-corrected chi connectivity index (χ1v) is 11.8. The van der Waals surface area contributed by atoms with Crippen LogP contribution in [0.15, 0.2) is 83.3 Å². The second-order valence-electron chi connectivity index (χ2n) is 8.36. The zero-order chi connectivity index (χ0) is 26.9. The van der Waals surface area contributed by atoms with Crippen molar-refractivity contribution in [1.29, 1.82) is 0 Å². The standard InChI is InChI=1S/C30H26N2O6/c1-21-27(31-29(37-21)24-11-4-3-5-12-24)13-7-9-22-8-6-10-23(18-22)19-32(20-28(33)34)30(35)38-26-16-14-25(36-2)15-17-26/h3-6,8,10-12,14-18H,13,19-20H2,1-2H3,(H,33,34). The van der Waals surface area contributed by atoms with Crippen molar-refractivity contribution >= 4 is 12.1 Å². The summed E-state index contributed by atoms with van der Waals surface area (Å²) in [5.74, 6) is 7.25. The maximum atomic E-state index is 12.7. The number of aryl methyl sites for hydroxylation is 1. The van der Waals surface area contributed by atoms with E-state index < -0.39 is 18.6 Å². The number of rotatable bonds is 8. The third-order valence-corrected chi connectivity index (χ3v) is 5.55. The minimum absolute atomic E-state index is 0.0413. The average Bonchev–Trinajstić information content (AvgIpc) is 3.29. The number of benzene rings is 3. The van der Waals surface area contributed by atoms with Gasteiger partial charge in [0.25, 0.3) is 0 Å². The van der Waals surface area contributed by atoms with Gasteiger partial charge in [-0.1, -0.05) is 42.2 Å². The Bertz CT molecular complexity index is 1470. The number of carboxylic acids is 1. The van der Waals surface area contributed by atoms with Gasteiger partial charge < -0.3 is 19.0 Å². The molecule has 4 aromatic rings. The molecule has 0 aliphatic rings. The molecular weight excluding hydrogens is 484 g/mol. The fraction of sp³-hybridized carbons (Fsp3) is 0.167. The van der Waals surface area contributed by atoms with Crippen molar-refractivity contribution in [3.63, 3.8) is 0 Å². The van der Waals surface area contributed by atoms with Crippen molar-refractivity contribution in [3.05, 3.63) is 101 Å². The van der Waals surface area contributed by atoms with E-state index in [1.165, 1.54) is 7.11 Å². The van der Waals surface area contributed by atoms with Crippen molar-refractivity contribution < 1.29 is 28.6 Å². The van der Waals surface area contributed by atoms with Gasteiger partial charge in [0, 0.05) is 17.7 Å². The molecule has 1 amide bonds. The molecule has 1 heterocycles. The zero-order valence-electron chi connectivity index (χ0n) is 21.0. The highest BCUT2D eigenvalue weighted by Gasteiger charge is 2.20. The molecule has 0 saturated carbocycles. The van der Waals surface area contributed by atoms with Gasteiger partial charge in [-0.05, 0) is 61.0 Å². The smallest absolute Gasteiger partial charge is 0.416 e. The molecule has 3 aromatic carbocycles. The topological polar surface area (TPSA) is 102 Å². The van der Waals surface area contributed by atoms with Crippen LogP contribution in [0.3, 0.4) is 0 Å². The Balaban J connectivity index is 1.43. The van der Waals surface area contributed by atoms with Gasteiger partial charge in [0.05, 0.1) is 19.2 Å². The minimum atomic E-state index is -1.15. The Kier molecular flexibility index (Phi) is 8.42. The first kappa shape index (κ1) is 26.0. The number of hydrogen-bond donors (Lipinski definition) is 1. The van der Waals surface area contributed by atoms with E-state index >= 15 is 0 Å². The minimum Gasteiger partial charge on any atom is -0.497 e. The predicted molar refractivity (Wildman–Crippen MR) is 141 cm³/mol. The zero-order valence-corrected chi connectivity index (χ0v) is 21.0. The van der Waals surface area contributed by atoms with E-state index in [9.17, 15) is 14.7 Å². The quantitative estimate of drug-likeness (QED) is 0.319. The van der Waals surface area contributed by atoms with Crippen LogP contribution in [0.25, 0.3) is 11.5 Å². The van der Waals surface area contributed by atoms with Crippen LogP contribution in [0, 0.1) is 18.8 Å². The van der Waals surface area contributed by atoms with Crippen LogP contribution in [0.5, 0.6) is 11.5 Å². The first-order valence-electron chi connectivity index (χ1n) is 11.8. The summed E-state index contributed by atoms with van der Waals surface area (Å²) in [5, 5.41) is 9.32. The van der Waals surface area contributed by atoms with Gasteiger partial charge in [-0.3, -0.25) is 9.69 Å².